The fourth-order valence-corrected chi connectivity index (χ4v) is 4.43. The van der Waals surface area contributed by atoms with Gasteiger partial charge in [0.25, 0.3) is 0 Å². The molecule has 1 aromatic carbocycles. The van der Waals surface area contributed by atoms with Crippen molar-refractivity contribution in [1.29, 1.82) is 0 Å². The molecule has 2 heterocycles. The lowest BCUT2D eigenvalue weighted by atomic mass is 9.84. The summed E-state index contributed by atoms with van der Waals surface area (Å²) in [5.41, 5.74) is 3.43. The van der Waals surface area contributed by atoms with E-state index in [4.69, 9.17) is 0 Å². The van der Waals surface area contributed by atoms with Crippen molar-refractivity contribution in [2.24, 2.45) is 5.10 Å². The molecule has 2 aliphatic rings. The first kappa shape index (κ1) is 12.6. The van der Waals surface area contributed by atoms with Crippen LogP contribution in [-0.2, 0) is 5.41 Å². The largest absolute Gasteiger partial charge is 0.657 e. The lowest BCUT2D eigenvalue weighted by Crippen LogP contribution is -2.26. The zero-order chi connectivity index (χ0) is 13.8. The molecule has 0 saturated heterocycles. The average molecular weight is 275 g/mol. The van der Waals surface area contributed by atoms with E-state index in [1.807, 2.05) is 13.1 Å². The number of hydrogen-bond donors (Lipinski definition) is 0. The molecule has 4 nitrogen and oxygen atoms in total. The van der Waals surface area contributed by atoms with Gasteiger partial charge in [-0.05, 0) is 25.5 Å². The third-order valence-corrected chi connectivity index (χ3v) is 5.54. The van der Waals surface area contributed by atoms with E-state index >= 15 is 0 Å². The smallest absolute Gasteiger partial charge is 0.151 e. The van der Waals surface area contributed by atoms with Gasteiger partial charge in [-0.15, -0.1) is 5.10 Å². The number of hydrogen-bond acceptors (Lipinski definition) is 4. The summed E-state index contributed by atoms with van der Waals surface area (Å²) in [5, 5.41) is 5.03. The Kier molecular flexibility index (Phi) is 2.70. The van der Waals surface area contributed by atoms with Crippen molar-refractivity contribution in [1.82, 2.24) is 4.78 Å². The van der Waals surface area contributed by atoms with Crippen LogP contribution in [0.5, 0.6) is 0 Å². The minimum atomic E-state index is -1.98. The second kappa shape index (κ2) is 4.06. The van der Waals surface area contributed by atoms with Crippen LogP contribution in [0.2, 0.25) is 0 Å². The van der Waals surface area contributed by atoms with E-state index in [1.165, 1.54) is 11.3 Å². The van der Waals surface area contributed by atoms with Gasteiger partial charge in [0.2, 0.25) is 0 Å². The summed E-state index contributed by atoms with van der Waals surface area (Å²) in [7, 11) is 1.83. The molecule has 2 aliphatic heterocycles. The molecule has 0 aliphatic carbocycles. The van der Waals surface area contributed by atoms with Crippen LogP contribution in [0.1, 0.15) is 19.4 Å². The van der Waals surface area contributed by atoms with E-state index in [1.54, 1.807) is 18.0 Å². The van der Waals surface area contributed by atoms with E-state index < -0.39 is 8.30 Å². The third kappa shape index (κ3) is 1.63. The lowest BCUT2D eigenvalue weighted by Gasteiger charge is -2.26. The highest BCUT2D eigenvalue weighted by Crippen LogP contribution is 2.54. The Morgan fingerprint density at radius 2 is 1.89 bits per heavy atom. The third-order valence-electron chi connectivity index (χ3n) is 4.01. The maximum Gasteiger partial charge on any atom is 0.151 e. The lowest BCUT2D eigenvalue weighted by molar-refractivity contribution is -0.166. The molecule has 0 saturated carbocycles. The second-order valence-corrected chi connectivity index (χ2v) is 7.33. The maximum absolute atomic E-state index is 12.4. The maximum atomic E-state index is 12.4. The van der Waals surface area contributed by atoms with E-state index in [0.29, 0.717) is 0 Å². The van der Waals surface area contributed by atoms with E-state index in [-0.39, 0.29) is 5.41 Å². The molecule has 0 bridgehead atoms. The van der Waals surface area contributed by atoms with Crippen LogP contribution in [0, 0.1) is 0 Å². The molecule has 0 amide bonds. The van der Waals surface area contributed by atoms with Crippen LogP contribution in [0.3, 0.4) is 0 Å². The topological polar surface area (TPSA) is 41.9 Å². The normalized spacial score (nSPS) is 28.2. The monoisotopic (exact) mass is 275 g/mol. The molecule has 0 radical (unpaired) electrons. The van der Waals surface area contributed by atoms with Gasteiger partial charge in [-0.2, -0.15) is 4.78 Å². The number of anilines is 1. The van der Waals surface area contributed by atoms with Gasteiger partial charge >= 0.3 is 0 Å². The Balaban J connectivity index is 2.21. The van der Waals surface area contributed by atoms with E-state index in [9.17, 15) is 4.89 Å². The zero-order valence-electron chi connectivity index (χ0n) is 11.6. The fraction of sp³-hybridized carbons (Fsp3) is 0.357. The second-order valence-electron chi connectivity index (χ2n) is 5.54. The Labute approximate surface area is 114 Å². The van der Waals surface area contributed by atoms with Crippen molar-refractivity contribution < 1.29 is 4.89 Å². The van der Waals surface area contributed by atoms with Crippen molar-refractivity contribution in [3.8, 4) is 0 Å². The summed E-state index contributed by atoms with van der Waals surface area (Å²) >= 11 is 0. The van der Waals surface area contributed by atoms with E-state index in [0.717, 1.165) is 11.0 Å². The molecule has 100 valence electrons. The van der Waals surface area contributed by atoms with Gasteiger partial charge in [-0.3, -0.25) is 0 Å². The van der Waals surface area contributed by atoms with Gasteiger partial charge in [0.05, 0.1) is 19.0 Å². The number of rotatable bonds is 0. The summed E-state index contributed by atoms with van der Waals surface area (Å²) in [5.74, 6) is 0. The highest BCUT2D eigenvalue weighted by atomic mass is 31.2. The molecule has 1 unspecified atom stereocenters. The first-order valence-corrected chi connectivity index (χ1v) is 7.70. The number of para-hydroxylation sites is 1. The van der Waals surface area contributed by atoms with Crippen molar-refractivity contribution >= 4 is 20.2 Å². The number of allylic oxidation sites excluding steroid dienone is 2. The van der Waals surface area contributed by atoms with Crippen LogP contribution < -0.4 is 9.79 Å². The van der Waals surface area contributed by atoms with Crippen LogP contribution in [-0.4, -0.2) is 25.1 Å². The Bertz CT molecular complexity index is 594. The molecule has 0 aromatic heterocycles. The molecule has 0 fully saturated rings. The van der Waals surface area contributed by atoms with Gasteiger partial charge in [0.1, 0.15) is 8.30 Å². The summed E-state index contributed by atoms with van der Waals surface area (Å²) in [6.45, 7) is 4.36. The first-order valence-electron chi connectivity index (χ1n) is 6.34. The molecule has 3 rings (SSSR count). The van der Waals surface area contributed by atoms with Crippen molar-refractivity contribution in [2.75, 3.05) is 19.0 Å². The number of fused-ring (bicyclic) bond motifs is 1. The van der Waals surface area contributed by atoms with Crippen molar-refractivity contribution in [3.05, 3.63) is 40.8 Å². The summed E-state index contributed by atoms with van der Waals surface area (Å²) in [4.78, 5) is 14.5. The van der Waals surface area contributed by atoms with Crippen LogP contribution in [0.15, 0.2) is 40.4 Å². The van der Waals surface area contributed by atoms with Gasteiger partial charge < -0.3 is 9.79 Å². The predicted octanol–water partition coefficient (Wildman–Crippen LogP) is 1.96. The van der Waals surface area contributed by atoms with Crippen molar-refractivity contribution in [2.45, 2.75) is 19.3 Å². The van der Waals surface area contributed by atoms with Gasteiger partial charge in [-0.25, -0.2) is 0 Å². The molecule has 1 atom stereocenters. The number of hydrazone groups is 1. The fourth-order valence-electron chi connectivity index (χ4n) is 3.07. The highest BCUT2D eigenvalue weighted by molar-refractivity contribution is 7.54. The average Bonchev–Trinajstić information content (AvgIpc) is 2.79. The predicted molar refractivity (Wildman–Crippen MR) is 79.5 cm³/mol. The Hall–Kier alpha value is -1.38. The van der Waals surface area contributed by atoms with E-state index in [2.05, 4.69) is 42.0 Å². The molecule has 1 aromatic rings. The molecule has 19 heavy (non-hydrogen) atoms. The van der Waals surface area contributed by atoms with Crippen LogP contribution in [0.4, 0.5) is 5.69 Å². The quantitative estimate of drug-likeness (QED) is 0.680. The van der Waals surface area contributed by atoms with Gasteiger partial charge in [0.15, 0.2) is 5.31 Å². The molecular formula is C14H18N3OP. The minimum Gasteiger partial charge on any atom is -0.657 e. The number of nitrogens with zero attached hydrogens (tertiary/aromatic N) is 3. The Morgan fingerprint density at radius 1 is 1.21 bits per heavy atom. The summed E-state index contributed by atoms with van der Waals surface area (Å²) in [6, 6.07) is 8.35. The number of likely N-dealkylation sites (N-methyl/N-ethyl adjacent to an activating group) is 1. The van der Waals surface area contributed by atoms with Crippen molar-refractivity contribution in [3.63, 3.8) is 0 Å². The Morgan fingerprint density at radius 3 is 2.47 bits per heavy atom. The minimum absolute atomic E-state index is 0.141. The first-order chi connectivity index (χ1) is 8.94. The molecule has 5 heteroatoms. The number of benzene rings is 1. The molecule has 0 spiro atoms. The van der Waals surface area contributed by atoms with Gasteiger partial charge in [-0.1, -0.05) is 18.2 Å². The molecule has 0 N–H and O–H groups in total. The van der Waals surface area contributed by atoms with Gasteiger partial charge in [0, 0.05) is 18.2 Å². The highest BCUT2D eigenvalue weighted by Gasteiger charge is 2.43. The SMILES string of the molecule is CN1/C(=C2\C=NN(C)[PH+]2[O-])C(C)(C)c2ccccc21. The van der Waals surface area contributed by atoms with Crippen LogP contribution >= 0.6 is 8.30 Å². The standard InChI is InChI=1S/C14H18N3OP/c1-14(2)10-7-5-6-8-11(10)16(3)13(14)12-9-15-17(4)19(12)18/h5-9,19H,1-4H3/b13-12+. The van der Waals surface area contributed by atoms with Crippen LogP contribution in [0.25, 0.3) is 0 Å². The molecular weight excluding hydrogens is 257 g/mol. The summed E-state index contributed by atoms with van der Waals surface area (Å²) in [6.07, 6.45) is 1.75. The summed E-state index contributed by atoms with van der Waals surface area (Å²) < 4.78 is 1.57. The zero-order valence-corrected chi connectivity index (χ0v) is 12.6.